The third-order valence-electron chi connectivity index (χ3n) is 13.7. The van der Waals surface area contributed by atoms with E-state index in [0.717, 1.165) is 22.5 Å². The van der Waals surface area contributed by atoms with Crippen molar-refractivity contribution in [1.82, 2.24) is 19.1 Å². The summed E-state index contributed by atoms with van der Waals surface area (Å²) in [6, 6.07) is 37.7. The molecule has 0 fully saturated rings. The predicted molar refractivity (Wildman–Crippen MR) is 311 cm³/mol. The number of nitrogens with zero attached hydrogens (tertiary/aromatic N) is 4. The maximum absolute atomic E-state index is 14.0. The predicted octanol–water partition coefficient (Wildman–Crippen LogP) is 8.37. The Morgan fingerprint density at radius 3 is 1.11 bits per heavy atom. The SMILES string of the molecule is CC(C)c1c(C(=O)Nc2ccncc2)c(-c2ccccc2)c(-c2ccc(F)cc2)n1CC[C@@H](O)C[C@@H](O)CC(=O)[O-].CC(C)c1c(C(=O)Nc2ccncc2)c(-c2ccccc2)c(-c2ccc(F)cc2)n1CC[C@@H](O)C[C@@H](O)CC(=O)[O-].[Ca+2]. The second-order valence-corrected chi connectivity index (χ2v) is 20.5. The second kappa shape index (κ2) is 30.8. The van der Waals surface area contributed by atoms with Crippen molar-refractivity contribution in [2.75, 3.05) is 10.6 Å². The first kappa shape index (κ1) is 64.7. The molecule has 16 nitrogen and oxygen atoms in total. The molecular formula is C64H66CaF2N6O10. The number of carbonyl (C=O) groups excluding carboxylic acids is 4. The molecule has 0 saturated carbocycles. The van der Waals surface area contributed by atoms with Gasteiger partial charge in [-0.25, -0.2) is 8.78 Å². The molecular weight excluding hydrogens is 1090 g/mol. The van der Waals surface area contributed by atoms with Crippen LogP contribution in [0.2, 0.25) is 0 Å². The molecule has 83 heavy (non-hydrogen) atoms. The van der Waals surface area contributed by atoms with Crippen LogP contribution in [0, 0.1) is 11.6 Å². The average Bonchev–Trinajstić information content (AvgIpc) is 3.14. The summed E-state index contributed by atoms with van der Waals surface area (Å²) in [4.78, 5) is 57.8. The monoisotopic (exact) mass is 1160 g/mol. The van der Waals surface area contributed by atoms with Crippen molar-refractivity contribution in [3.05, 3.63) is 192 Å². The molecule has 428 valence electrons. The minimum absolute atomic E-state index is 0. The summed E-state index contributed by atoms with van der Waals surface area (Å²) in [5, 5.41) is 69.1. The molecule has 4 aromatic heterocycles. The number of hydrogen-bond donors (Lipinski definition) is 6. The van der Waals surface area contributed by atoms with Crippen molar-refractivity contribution in [3.63, 3.8) is 0 Å². The largest absolute Gasteiger partial charge is 2.00 e. The van der Waals surface area contributed by atoms with Crippen LogP contribution < -0.4 is 20.8 Å². The smallest absolute Gasteiger partial charge is 0.550 e. The summed E-state index contributed by atoms with van der Waals surface area (Å²) in [6.07, 6.45) is 0.743. The van der Waals surface area contributed by atoms with Gasteiger partial charge in [-0.3, -0.25) is 19.6 Å². The Morgan fingerprint density at radius 2 is 0.807 bits per heavy atom. The molecule has 0 unspecified atom stereocenters. The number of hydrogen-bond acceptors (Lipinski definition) is 12. The molecule has 0 saturated heterocycles. The molecule has 19 heteroatoms. The van der Waals surface area contributed by atoms with Crippen LogP contribution in [-0.2, 0) is 22.7 Å². The Bertz CT molecular complexity index is 3180. The fraction of sp³-hybridized carbons (Fsp3) is 0.281. The number of pyridine rings is 2. The Labute approximate surface area is 510 Å². The van der Waals surface area contributed by atoms with Gasteiger partial charge in [0.05, 0.1) is 46.9 Å². The van der Waals surface area contributed by atoms with Gasteiger partial charge in [0.15, 0.2) is 0 Å². The topological polar surface area (TPSA) is 255 Å². The number of anilines is 2. The van der Waals surface area contributed by atoms with E-state index < -0.39 is 60.8 Å². The quantitative estimate of drug-likeness (QED) is 0.0312. The van der Waals surface area contributed by atoms with Crippen LogP contribution in [0.25, 0.3) is 44.8 Å². The van der Waals surface area contributed by atoms with Crippen molar-refractivity contribution >= 4 is 72.9 Å². The number of aliphatic hydroxyl groups is 4. The zero-order chi connectivity index (χ0) is 59.0. The molecule has 0 bridgehead atoms. The summed E-state index contributed by atoms with van der Waals surface area (Å²) < 4.78 is 31.9. The van der Waals surface area contributed by atoms with Crippen LogP contribution >= 0.6 is 0 Å². The summed E-state index contributed by atoms with van der Waals surface area (Å²) in [5.74, 6) is -4.51. The molecule has 4 aromatic carbocycles. The van der Waals surface area contributed by atoms with Crippen molar-refractivity contribution in [3.8, 4) is 44.8 Å². The Balaban J connectivity index is 0.000000263. The zero-order valence-corrected chi connectivity index (χ0v) is 48.8. The molecule has 8 aromatic rings. The van der Waals surface area contributed by atoms with Crippen molar-refractivity contribution in [1.29, 1.82) is 0 Å². The van der Waals surface area contributed by atoms with E-state index in [0.29, 0.717) is 56.1 Å². The van der Waals surface area contributed by atoms with E-state index in [9.17, 15) is 58.6 Å². The fourth-order valence-corrected chi connectivity index (χ4v) is 10.2. The minimum atomic E-state index is -1.40. The van der Waals surface area contributed by atoms with Gasteiger partial charge in [-0.1, -0.05) is 88.4 Å². The Kier molecular flexibility index (Phi) is 24.0. The van der Waals surface area contributed by atoms with Crippen molar-refractivity contribution in [2.45, 2.75) is 116 Å². The van der Waals surface area contributed by atoms with Gasteiger partial charge >= 0.3 is 37.7 Å². The van der Waals surface area contributed by atoms with Gasteiger partial charge in [0.25, 0.3) is 11.8 Å². The summed E-state index contributed by atoms with van der Waals surface area (Å²) in [5.41, 5.74) is 9.14. The summed E-state index contributed by atoms with van der Waals surface area (Å²) in [7, 11) is 0. The molecule has 6 N–H and O–H groups in total. The first-order valence-corrected chi connectivity index (χ1v) is 27.0. The van der Waals surface area contributed by atoms with Gasteiger partial charge < -0.3 is 60.0 Å². The summed E-state index contributed by atoms with van der Waals surface area (Å²) >= 11 is 0. The van der Waals surface area contributed by atoms with Crippen LogP contribution in [0.3, 0.4) is 0 Å². The van der Waals surface area contributed by atoms with E-state index in [-0.39, 0.29) is 100 Å². The normalized spacial score (nSPS) is 12.6. The van der Waals surface area contributed by atoms with Crippen LogP contribution in [-0.4, -0.2) is 125 Å². The molecule has 8 rings (SSSR count). The number of rotatable bonds is 24. The molecule has 0 spiro atoms. The fourth-order valence-electron chi connectivity index (χ4n) is 10.2. The van der Waals surface area contributed by atoms with E-state index in [2.05, 4.69) is 20.6 Å². The van der Waals surface area contributed by atoms with E-state index in [1.54, 1.807) is 73.3 Å². The Hall–Kier alpha value is -7.42. The van der Waals surface area contributed by atoms with E-state index in [1.807, 2.05) is 97.5 Å². The number of aromatic nitrogens is 4. The van der Waals surface area contributed by atoms with Crippen LogP contribution in [0.4, 0.5) is 20.2 Å². The first-order valence-electron chi connectivity index (χ1n) is 27.0. The zero-order valence-electron chi connectivity index (χ0n) is 46.6. The van der Waals surface area contributed by atoms with E-state index in [1.165, 1.54) is 24.3 Å². The van der Waals surface area contributed by atoms with Crippen LogP contribution in [0.5, 0.6) is 0 Å². The van der Waals surface area contributed by atoms with Gasteiger partial charge in [-0.15, -0.1) is 0 Å². The van der Waals surface area contributed by atoms with E-state index >= 15 is 0 Å². The standard InChI is InChI=1S/2C32H34FN3O5.Ca/c2*1-20(2)30-29(32(41)35-24-12-15-34-16-13-24)28(21-6-4-3-5-7-21)31(22-8-10-23(33)11-9-22)36(30)17-14-25(37)18-26(38)19-27(39)40;/h2*3-13,15-16,20,25-26,37-38H,14,17-19H2,1-2H3,(H,39,40)(H,34,35,41);/q;;+2/p-2/t2*25-,26-;/m11./s1. The number of benzene rings is 4. The molecule has 2 amide bonds. The second-order valence-electron chi connectivity index (χ2n) is 20.5. The molecule has 0 aliphatic carbocycles. The third kappa shape index (κ3) is 17.3. The molecule has 0 radical (unpaired) electrons. The number of carboxylic acid groups (broad SMARTS) is 2. The number of aliphatic carboxylic acids is 2. The number of carboxylic acids is 2. The van der Waals surface area contributed by atoms with Gasteiger partial charge in [0.2, 0.25) is 0 Å². The van der Waals surface area contributed by atoms with Gasteiger partial charge in [-0.05, 0) is 133 Å². The van der Waals surface area contributed by atoms with Crippen molar-refractivity contribution < 1.29 is 58.6 Å². The Morgan fingerprint density at radius 1 is 0.482 bits per heavy atom. The van der Waals surface area contributed by atoms with Crippen molar-refractivity contribution in [2.24, 2.45) is 0 Å². The van der Waals surface area contributed by atoms with Crippen LogP contribution in [0.15, 0.2) is 158 Å². The number of carbonyl (C=O) groups is 4. The first-order chi connectivity index (χ1) is 39.3. The van der Waals surface area contributed by atoms with Gasteiger partial charge in [0, 0.05) is 96.5 Å². The molecule has 4 heterocycles. The van der Waals surface area contributed by atoms with Crippen LogP contribution in [0.1, 0.15) is 110 Å². The molecule has 4 atom stereocenters. The maximum Gasteiger partial charge on any atom is 2.00 e. The summed E-state index contributed by atoms with van der Waals surface area (Å²) in [6.45, 7) is 8.39. The molecule has 0 aliphatic heterocycles. The number of nitrogens with one attached hydrogen (secondary N) is 2. The number of aliphatic hydroxyl groups excluding tert-OH is 4. The number of halogens is 2. The van der Waals surface area contributed by atoms with Gasteiger partial charge in [0.1, 0.15) is 11.6 Å². The molecule has 0 aliphatic rings. The third-order valence-corrected chi connectivity index (χ3v) is 13.7. The minimum Gasteiger partial charge on any atom is -0.550 e. The van der Waals surface area contributed by atoms with Gasteiger partial charge in [-0.2, -0.15) is 0 Å². The number of amides is 2. The average molecular weight is 1160 g/mol. The van der Waals surface area contributed by atoms with E-state index in [4.69, 9.17) is 0 Å². The maximum atomic E-state index is 14.0.